The average Bonchev–Trinajstić information content (AvgIpc) is 2.72. The first kappa shape index (κ1) is 14.5. The predicted octanol–water partition coefficient (Wildman–Crippen LogP) is 0.912. The first-order valence-corrected chi connectivity index (χ1v) is 6.68. The summed E-state index contributed by atoms with van der Waals surface area (Å²) < 4.78 is 0. The van der Waals surface area contributed by atoms with E-state index in [1.807, 2.05) is 18.9 Å². The van der Waals surface area contributed by atoms with Crippen LogP contribution in [0.25, 0.3) is 0 Å². The van der Waals surface area contributed by atoms with Gasteiger partial charge in [-0.05, 0) is 32.4 Å². The fourth-order valence-electron chi connectivity index (χ4n) is 2.37. The Morgan fingerprint density at radius 1 is 1.59 bits per heavy atom. The highest BCUT2D eigenvalue weighted by atomic mass is 16.2. The lowest BCUT2D eigenvalue weighted by molar-refractivity contribution is -0.133. The first-order valence-electron chi connectivity index (χ1n) is 6.68. The molecule has 2 N–H and O–H groups in total. The lowest BCUT2D eigenvalue weighted by atomic mass is 9.99. The number of amides is 1. The van der Waals surface area contributed by atoms with E-state index in [4.69, 9.17) is 5.73 Å². The van der Waals surface area contributed by atoms with Gasteiger partial charge in [-0.3, -0.25) is 4.79 Å². The summed E-state index contributed by atoms with van der Waals surface area (Å²) in [6.45, 7) is 6.06. The van der Waals surface area contributed by atoms with E-state index in [9.17, 15) is 4.79 Å². The molecule has 1 rings (SSSR count). The summed E-state index contributed by atoms with van der Waals surface area (Å²) in [4.78, 5) is 16.3. The second-order valence-corrected chi connectivity index (χ2v) is 5.41. The molecule has 1 amide bonds. The Hall–Kier alpha value is -0.610. The molecule has 0 bridgehead atoms. The number of carbonyl (C=O) groups excluding carboxylic acids is 1. The minimum absolute atomic E-state index is 0.0830. The zero-order valence-corrected chi connectivity index (χ0v) is 11.6. The van der Waals surface area contributed by atoms with Gasteiger partial charge in [-0.2, -0.15) is 0 Å². The van der Waals surface area contributed by atoms with Crippen molar-refractivity contribution in [2.75, 3.05) is 27.2 Å². The van der Waals surface area contributed by atoms with Gasteiger partial charge in [0, 0.05) is 19.6 Å². The van der Waals surface area contributed by atoms with Crippen molar-refractivity contribution < 1.29 is 4.79 Å². The molecule has 1 saturated heterocycles. The van der Waals surface area contributed by atoms with E-state index in [2.05, 4.69) is 18.9 Å². The van der Waals surface area contributed by atoms with Crippen LogP contribution in [0.15, 0.2) is 0 Å². The van der Waals surface area contributed by atoms with Crippen LogP contribution in [-0.2, 0) is 4.79 Å². The maximum Gasteiger partial charge on any atom is 0.239 e. The molecule has 4 heteroatoms. The van der Waals surface area contributed by atoms with Gasteiger partial charge in [0.1, 0.15) is 0 Å². The van der Waals surface area contributed by atoms with Crippen LogP contribution in [-0.4, -0.2) is 55.0 Å². The quantitative estimate of drug-likeness (QED) is 0.778. The summed E-state index contributed by atoms with van der Waals surface area (Å²) in [5, 5.41) is 0. The van der Waals surface area contributed by atoms with Crippen molar-refractivity contribution >= 4 is 5.91 Å². The van der Waals surface area contributed by atoms with Gasteiger partial charge in [-0.25, -0.2) is 0 Å². The number of hydrogen-bond acceptors (Lipinski definition) is 3. The lowest BCUT2D eigenvalue weighted by Gasteiger charge is -2.29. The van der Waals surface area contributed by atoms with Gasteiger partial charge in [0.25, 0.3) is 0 Å². The largest absolute Gasteiger partial charge is 0.343 e. The monoisotopic (exact) mass is 241 g/mol. The molecule has 1 heterocycles. The Bertz CT molecular complexity index is 257. The van der Waals surface area contributed by atoms with Gasteiger partial charge in [-0.15, -0.1) is 0 Å². The molecule has 0 aromatic rings. The van der Waals surface area contributed by atoms with Crippen LogP contribution in [0.4, 0.5) is 0 Å². The van der Waals surface area contributed by atoms with Crippen molar-refractivity contribution in [2.24, 2.45) is 11.7 Å². The van der Waals surface area contributed by atoms with Gasteiger partial charge in [0.2, 0.25) is 5.91 Å². The van der Waals surface area contributed by atoms with Crippen LogP contribution in [0.5, 0.6) is 0 Å². The third kappa shape index (κ3) is 3.68. The number of rotatable bonds is 5. The molecular formula is C13H27N3O. The van der Waals surface area contributed by atoms with Crippen molar-refractivity contribution in [2.45, 2.75) is 45.2 Å². The molecule has 0 aromatic carbocycles. The summed E-state index contributed by atoms with van der Waals surface area (Å²) in [5.41, 5.74) is 5.98. The van der Waals surface area contributed by atoms with Crippen LogP contribution in [0.2, 0.25) is 0 Å². The van der Waals surface area contributed by atoms with Crippen molar-refractivity contribution in [3.63, 3.8) is 0 Å². The third-order valence-electron chi connectivity index (χ3n) is 4.07. The lowest BCUT2D eigenvalue weighted by Crippen LogP contribution is -2.48. The normalized spacial score (nSPS) is 24.6. The van der Waals surface area contributed by atoms with E-state index in [1.54, 1.807) is 0 Å². The molecule has 17 heavy (non-hydrogen) atoms. The number of hydrogen-bond donors (Lipinski definition) is 1. The molecule has 1 aliphatic heterocycles. The van der Waals surface area contributed by atoms with Crippen LogP contribution in [0.3, 0.4) is 0 Å². The summed E-state index contributed by atoms with van der Waals surface area (Å²) in [6.07, 6.45) is 3.37. The standard InChI is InChI=1S/C13H27N3O/c1-5-10(2)12(14)13(17)16(4)9-11-7-6-8-15(11)3/h10-12H,5-9,14H2,1-4H3. The molecule has 4 nitrogen and oxygen atoms in total. The summed E-state index contributed by atoms with van der Waals surface area (Å²) >= 11 is 0. The van der Waals surface area contributed by atoms with Crippen molar-refractivity contribution in [1.82, 2.24) is 9.80 Å². The minimum atomic E-state index is -0.350. The molecular weight excluding hydrogens is 214 g/mol. The van der Waals surface area contributed by atoms with E-state index in [-0.39, 0.29) is 17.9 Å². The number of nitrogens with two attached hydrogens (primary N) is 1. The molecule has 0 radical (unpaired) electrons. The zero-order valence-electron chi connectivity index (χ0n) is 11.6. The second-order valence-electron chi connectivity index (χ2n) is 5.41. The first-order chi connectivity index (χ1) is 7.97. The van der Waals surface area contributed by atoms with Gasteiger partial charge < -0.3 is 15.5 Å². The molecule has 0 aromatic heterocycles. The summed E-state index contributed by atoms with van der Waals surface area (Å²) in [5.74, 6) is 0.339. The smallest absolute Gasteiger partial charge is 0.239 e. The number of likely N-dealkylation sites (N-methyl/N-ethyl adjacent to an activating group) is 2. The van der Waals surface area contributed by atoms with E-state index < -0.39 is 0 Å². The Balaban J connectivity index is 2.46. The highest BCUT2D eigenvalue weighted by Crippen LogP contribution is 2.16. The molecule has 3 atom stereocenters. The third-order valence-corrected chi connectivity index (χ3v) is 4.07. The zero-order chi connectivity index (χ0) is 13.0. The van der Waals surface area contributed by atoms with Gasteiger partial charge in [0.15, 0.2) is 0 Å². The maximum atomic E-state index is 12.1. The predicted molar refractivity (Wildman–Crippen MR) is 70.7 cm³/mol. The molecule has 100 valence electrons. The van der Waals surface area contributed by atoms with Crippen molar-refractivity contribution in [3.8, 4) is 0 Å². The van der Waals surface area contributed by atoms with Crippen molar-refractivity contribution in [3.05, 3.63) is 0 Å². The van der Waals surface area contributed by atoms with Gasteiger partial charge in [-0.1, -0.05) is 20.3 Å². The molecule has 3 unspecified atom stereocenters. The van der Waals surface area contributed by atoms with Crippen LogP contribution >= 0.6 is 0 Å². The summed E-state index contributed by atoms with van der Waals surface area (Å²) in [6, 6.07) is 0.157. The summed E-state index contributed by atoms with van der Waals surface area (Å²) in [7, 11) is 4.00. The van der Waals surface area contributed by atoms with Crippen LogP contribution in [0.1, 0.15) is 33.1 Å². The van der Waals surface area contributed by atoms with Crippen molar-refractivity contribution in [1.29, 1.82) is 0 Å². The minimum Gasteiger partial charge on any atom is -0.343 e. The molecule has 1 fully saturated rings. The van der Waals surface area contributed by atoms with E-state index in [1.165, 1.54) is 12.8 Å². The fraction of sp³-hybridized carbons (Fsp3) is 0.923. The Labute approximate surface area is 105 Å². The average molecular weight is 241 g/mol. The fourth-order valence-corrected chi connectivity index (χ4v) is 2.37. The topological polar surface area (TPSA) is 49.6 Å². The number of likely N-dealkylation sites (tertiary alicyclic amines) is 1. The Kier molecular flexibility index (Phi) is 5.40. The molecule has 0 spiro atoms. The molecule has 0 aliphatic carbocycles. The second kappa shape index (κ2) is 6.36. The highest BCUT2D eigenvalue weighted by molar-refractivity contribution is 5.81. The Morgan fingerprint density at radius 3 is 2.71 bits per heavy atom. The van der Waals surface area contributed by atoms with E-state index >= 15 is 0 Å². The highest BCUT2D eigenvalue weighted by Gasteiger charge is 2.27. The van der Waals surface area contributed by atoms with Gasteiger partial charge in [0.05, 0.1) is 6.04 Å². The van der Waals surface area contributed by atoms with Crippen LogP contribution in [0, 0.1) is 5.92 Å². The SMILES string of the molecule is CCC(C)C(N)C(=O)N(C)CC1CCCN1C. The molecule has 1 aliphatic rings. The number of nitrogens with zero attached hydrogens (tertiary/aromatic N) is 2. The van der Waals surface area contributed by atoms with Crippen LogP contribution < -0.4 is 5.73 Å². The Morgan fingerprint density at radius 2 is 2.24 bits per heavy atom. The van der Waals surface area contributed by atoms with Gasteiger partial charge >= 0.3 is 0 Å². The number of carbonyl (C=O) groups is 1. The van der Waals surface area contributed by atoms with E-state index in [0.29, 0.717) is 6.04 Å². The maximum absolute atomic E-state index is 12.1. The van der Waals surface area contributed by atoms with E-state index in [0.717, 1.165) is 19.5 Å². The molecule has 0 saturated carbocycles.